The van der Waals surface area contributed by atoms with E-state index in [0.717, 1.165) is 31.5 Å². The standard InChI is InChI=1S/C21H32F2N4/c1-15-11-19(25-24-15)14-27-10-7-17(12-27)16-5-8-26(9-6-16)13-18-3-2-4-20(22)21(18)23/h2-4,15-17,19,24-25H,5-14H2,1H3. The van der Waals surface area contributed by atoms with Crippen LogP contribution in [0, 0.1) is 23.5 Å². The van der Waals surface area contributed by atoms with E-state index >= 15 is 0 Å². The van der Waals surface area contributed by atoms with Gasteiger partial charge in [0.25, 0.3) is 0 Å². The molecule has 1 aromatic rings. The first-order valence-corrected chi connectivity index (χ1v) is 10.5. The summed E-state index contributed by atoms with van der Waals surface area (Å²) in [7, 11) is 0. The predicted octanol–water partition coefficient (Wildman–Crippen LogP) is 2.75. The second kappa shape index (κ2) is 8.52. The SMILES string of the molecule is CC1CC(CN2CCC(C3CCN(Cc4cccc(F)c4F)CC3)C2)NN1. The highest BCUT2D eigenvalue weighted by Gasteiger charge is 2.33. The van der Waals surface area contributed by atoms with E-state index < -0.39 is 11.6 Å². The number of nitrogens with zero attached hydrogens (tertiary/aromatic N) is 2. The van der Waals surface area contributed by atoms with E-state index in [2.05, 4.69) is 27.6 Å². The van der Waals surface area contributed by atoms with E-state index in [4.69, 9.17) is 0 Å². The van der Waals surface area contributed by atoms with Crippen molar-refractivity contribution < 1.29 is 8.78 Å². The van der Waals surface area contributed by atoms with Gasteiger partial charge in [-0.25, -0.2) is 8.78 Å². The van der Waals surface area contributed by atoms with Crippen LogP contribution in [0.1, 0.15) is 38.2 Å². The maximum atomic E-state index is 13.9. The molecule has 3 fully saturated rings. The molecule has 0 radical (unpaired) electrons. The number of piperidine rings is 1. The van der Waals surface area contributed by atoms with Gasteiger partial charge in [0.15, 0.2) is 11.6 Å². The molecule has 150 valence electrons. The average Bonchev–Trinajstić information content (AvgIpc) is 3.29. The number of hydrogen-bond acceptors (Lipinski definition) is 4. The van der Waals surface area contributed by atoms with Gasteiger partial charge < -0.3 is 4.90 Å². The number of hydrazine groups is 1. The number of benzene rings is 1. The minimum Gasteiger partial charge on any atom is -0.301 e. The van der Waals surface area contributed by atoms with E-state index in [1.807, 2.05) is 0 Å². The van der Waals surface area contributed by atoms with Crippen molar-refractivity contribution in [2.24, 2.45) is 11.8 Å². The third-order valence-electron chi connectivity index (χ3n) is 6.68. The molecule has 2 N–H and O–H groups in total. The van der Waals surface area contributed by atoms with Gasteiger partial charge in [-0.2, -0.15) is 0 Å². The molecule has 0 aromatic heterocycles. The third-order valence-corrected chi connectivity index (χ3v) is 6.68. The largest absolute Gasteiger partial charge is 0.301 e. The lowest BCUT2D eigenvalue weighted by Crippen LogP contribution is -2.40. The first-order chi connectivity index (χ1) is 13.1. The topological polar surface area (TPSA) is 30.5 Å². The van der Waals surface area contributed by atoms with Crippen LogP contribution in [-0.4, -0.2) is 54.6 Å². The van der Waals surface area contributed by atoms with E-state index in [1.165, 1.54) is 44.8 Å². The van der Waals surface area contributed by atoms with Crippen LogP contribution in [0.15, 0.2) is 18.2 Å². The van der Waals surface area contributed by atoms with Gasteiger partial charge >= 0.3 is 0 Å². The molecule has 3 aliphatic heterocycles. The second-order valence-electron chi connectivity index (χ2n) is 8.76. The molecule has 4 rings (SSSR count). The van der Waals surface area contributed by atoms with Crippen LogP contribution in [0.3, 0.4) is 0 Å². The second-order valence-corrected chi connectivity index (χ2v) is 8.76. The maximum Gasteiger partial charge on any atom is 0.163 e. The molecule has 3 heterocycles. The van der Waals surface area contributed by atoms with Gasteiger partial charge in [0.05, 0.1) is 0 Å². The van der Waals surface area contributed by atoms with Crippen LogP contribution in [-0.2, 0) is 6.54 Å². The van der Waals surface area contributed by atoms with Crippen molar-refractivity contribution in [2.45, 2.75) is 51.2 Å². The van der Waals surface area contributed by atoms with Crippen molar-refractivity contribution in [3.63, 3.8) is 0 Å². The van der Waals surface area contributed by atoms with Crippen LogP contribution in [0.5, 0.6) is 0 Å². The van der Waals surface area contributed by atoms with Crippen LogP contribution >= 0.6 is 0 Å². The molecule has 3 atom stereocenters. The molecule has 1 aromatic carbocycles. The number of nitrogens with one attached hydrogen (secondary N) is 2. The summed E-state index contributed by atoms with van der Waals surface area (Å²) in [5.74, 6) is 0.146. The van der Waals surface area contributed by atoms with Gasteiger partial charge in [0.1, 0.15) is 0 Å². The fourth-order valence-corrected chi connectivity index (χ4v) is 5.14. The molecule has 0 amide bonds. The van der Waals surface area contributed by atoms with Gasteiger partial charge in [0.2, 0.25) is 0 Å². The molecule has 27 heavy (non-hydrogen) atoms. The summed E-state index contributed by atoms with van der Waals surface area (Å²) in [6.45, 7) is 8.30. The van der Waals surface area contributed by atoms with E-state index in [9.17, 15) is 8.78 Å². The highest BCUT2D eigenvalue weighted by molar-refractivity contribution is 5.18. The number of halogens is 2. The molecule has 0 spiro atoms. The van der Waals surface area contributed by atoms with Gasteiger partial charge in [-0.1, -0.05) is 12.1 Å². The lowest BCUT2D eigenvalue weighted by atomic mass is 9.83. The highest BCUT2D eigenvalue weighted by atomic mass is 19.2. The quantitative estimate of drug-likeness (QED) is 0.825. The Hall–Kier alpha value is -1.08. The van der Waals surface area contributed by atoms with Crippen LogP contribution in [0.25, 0.3) is 0 Å². The summed E-state index contributed by atoms with van der Waals surface area (Å²) in [5.41, 5.74) is 7.21. The first kappa shape index (κ1) is 19.2. The van der Waals surface area contributed by atoms with Crippen molar-refractivity contribution in [1.82, 2.24) is 20.7 Å². The van der Waals surface area contributed by atoms with E-state index in [0.29, 0.717) is 24.2 Å². The Kier molecular flexibility index (Phi) is 6.07. The lowest BCUT2D eigenvalue weighted by molar-refractivity contribution is 0.139. The Balaban J connectivity index is 1.22. The Morgan fingerprint density at radius 2 is 1.74 bits per heavy atom. The number of likely N-dealkylation sites (tertiary alicyclic amines) is 2. The van der Waals surface area contributed by atoms with Gasteiger partial charge in [-0.15, -0.1) is 0 Å². The fourth-order valence-electron chi connectivity index (χ4n) is 5.14. The minimum absolute atomic E-state index is 0.479. The zero-order chi connectivity index (χ0) is 18.8. The maximum absolute atomic E-state index is 13.9. The molecular formula is C21H32F2N4. The predicted molar refractivity (Wildman–Crippen MR) is 103 cm³/mol. The summed E-state index contributed by atoms with van der Waals surface area (Å²) in [5, 5.41) is 0. The molecule has 0 bridgehead atoms. The van der Waals surface area contributed by atoms with Crippen molar-refractivity contribution in [3.05, 3.63) is 35.4 Å². The smallest absolute Gasteiger partial charge is 0.163 e. The Labute approximate surface area is 161 Å². The summed E-state index contributed by atoms with van der Waals surface area (Å²) in [6, 6.07) is 5.63. The monoisotopic (exact) mass is 378 g/mol. The van der Waals surface area contributed by atoms with E-state index in [1.54, 1.807) is 12.1 Å². The highest BCUT2D eigenvalue weighted by Crippen LogP contribution is 2.32. The molecule has 3 aliphatic rings. The van der Waals surface area contributed by atoms with Gasteiger partial charge in [-0.05, 0) is 70.1 Å². The minimum atomic E-state index is -0.741. The van der Waals surface area contributed by atoms with Crippen LogP contribution in [0.4, 0.5) is 8.78 Å². The van der Waals surface area contributed by atoms with Crippen LogP contribution < -0.4 is 10.9 Å². The van der Waals surface area contributed by atoms with Crippen LogP contribution in [0.2, 0.25) is 0 Å². The lowest BCUT2D eigenvalue weighted by Gasteiger charge is -2.35. The fraction of sp³-hybridized carbons (Fsp3) is 0.714. The molecule has 0 aliphatic carbocycles. The molecule has 3 saturated heterocycles. The van der Waals surface area contributed by atoms with Crippen molar-refractivity contribution in [3.8, 4) is 0 Å². The van der Waals surface area contributed by atoms with Crippen molar-refractivity contribution in [1.29, 1.82) is 0 Å². The average molecular weight is 379 g/mol. The number of hydrogen-bond donors (Lipinski definition) is 2. The zero-order valence-corrected chi connectivity index (χ0v) is 16.3. The third kappa shape index (κ3) is 4.67. The summed E-state index contributed by atoms with van der Waals surface area (Å²) in [6.07, 6.45) is 4.86. The first-order valence-electron chi connectivity index (χ1n) is 10.5. The summed E-state index contributed by atoms with van der Waals surface area (Å²) < 4.78 is 27.3. The zero-order valence-electron chi connectivity index (χ0n) is 16.3. The summed E-state index contributed by atoms with van der Waals surface area (Å²) >= 11 is 0. The molecule has 6 heteroatoms. The van der Waals surface area contributed by atoms with E-state index in [-0.39, 0.29) is 0 Å². The normalized spacial score (nSPS) is 31.0. The number of rotatable bonds is 5. The Morgan fingerprint density at radius 3 is 2.48 bits per heavy atom. The van der Waals surface area contributed by atoms with Gasteiger partial charge in [0, 0.05) is 37.3 Å². The van der Waals surface area contributed by atoms with Gasteiger partial charge in [-0.3, -0.25) is 15.8 Å². The Morgan fingerprint density at radius 1 is 1.00 bits per heavy atom. The molecule has 0 saturated carbocycles. The Bertz CT molecular complexity index is 633. The summed E-state index contributed by atoms with van der Waals surface area (Å²) in [4.78, 5) is 4.90. The molecular weight excluding hydrogens is 346 g/mol. The molecule has 3 unspecified atom stereocenters. The van der Waals surface area contributed by atoms with Crippen molar-refractivity contribution in [2.75, 3.05) is 32.7 Å². The molecule has 4 nitrogen and oxygen atoms in total. The van der Waals surface area contributed by atoms with Crippen molar-refractivity contribution >= 4 is 0 Å².